The Kier molecular flexibility index (Phi) is 2.32. The summed E-state index contributed by atoms with van der Waals surface area (Å²) in [7, 11) is 0. The lowest BCUT2D eigenvalue weighted by molar-refractivity contribution is -0.153. The maximum absolute atomic E-state index is 11.7. The Balaban J connectivity index is 1.80. The molecule has 5 atom stereocenters. The van der Waals surface area contributed by atoms with E-state index in [2.05, 4.69) is 6.58 Å². The Morgan fingerprint density at radius 1 is 1.56 bits per heavy atom. The summed E-state index contributed by atoms with van der Waals surface area (Å²) >= 11 is 0. The van der Waals surface area contributed by atoms with Crippen LogP contribution in [-0.4, -0.2) is 36.4 Å². The summed E-state index contributed by atoms with van der Waals surface area (Å²) in [6.07, 6.45) is -0.113. The molecule has 0 radical (unpaired) electrons. The van der Waals surface area contributed by atoms with Crippen molar-refractivity contribution in [3.05, 3.63) is 12.2 Å². The number of ether oxygens (including phenoxy) is 3. The van der Waals surface area contributed by atoms with Crippen molar-refractivity contribution in [2.24, 2.45) is 11.8 Å². The van der Waals surface area contributed by atoms with Crippen LogP contribution in [0.3, 0.4) is 0 Å². The third kappa shape index (κ3) is 1.43. The summed E-state index contributed by atoms with van der Waals surface area (Å²) < 4.78 is 16.3. The van der Waals surface area contributed by atoms with Crippen molar-refractivity contribution in [1.82, 2.24) is 0 Å². The van der Waals surface area contributed by atoms with Crippen LogP contribution in [0.2, 0.25) is 0 Å². The Hall–Kier alpha value is -1.36. The van der Waals surface area contributed by atoms with Crippen LogP contribution >= 0.6 is 0 Å². The van der Waals surface area contributed by atoms with Crippen LogP contribution in [0.4, 0.5) is 0 Å². The Morgan fingerprint density at radius 2 is 2.28 bits per heavy atom. The number of esters is 2. The summed E-state index contributed by atoms with van der Waals surface area (Å²) in [6.45, 7) is 7.53. The SMILES string of the molecule is C=C(C)C(=O)OC1CC2(C)OC1C1C(=O)OCC12. The summed E-state index contributed by atoms with van der Waals surface area (Å²) in [5, 5.41) is 0. The molecule has 5 heteroatoms. The first-order valence-corrected chi connectivity index (χ1v) is 6.13. The first-order valence-electron chi connectivity index (χ1n) is 6.13. The number of cyclic esters (lactones) is 1. The quantitative estimate of drug-likeness (QED) is 0.538. The summed E-state index contributed by atoms with van der Waals surface area (Å²) in [6, 6.07) is 0. The smallest absolute Gasteiger partial charge is 0.333 e. The van der Waals surface area contributed by atoms with Gasteiger partial charge < -0.3 is 14.2 Å². The molecular formula is C13H16O5. The van der Waals surface area contributed by atoms with Gasteiger partial charge in [0.2, 0.25) is 0 Å². The Bertz CT molecular complexity index is 443. The Morgan fingerprint density at radius 3 is 2.94 bits per heavy atom. The standard InChI is InChI=1S/C13H16O5/c1-6(2)11(14)17-8-4-13(3)7-5-16-12(15)9(7)10(8)18-13/h7-10H,1,4-5H2,2-3H3. The topological polar surface area (TPSA) is 61.8 Å². The average Bonchev–Trinajstić information content (AvgIpc) is 2.88. The lowest BCUT2D eigenvalue weighted by Crippen LogP contribution is -2.43. The largest absolute Gasteiger partial charge is 0.465 e. The first kappa shape index (κ1) is 11.7. The van der Waals surface area contributed by atoms with E-state index in [1.807, 2.05) is 6.92 Å². The zero-order chi connectivity index (χ0) is 13.1. The monoisotopic (exact) mass is 252 g/mol. The van der Waals surface area contributed by atoms with Crippen molar-refractivity contribution in [1.29, 1.82) is 0 Å². The van der Waals surface area contributed by atoms with E-state index in [0.717, 1.165) is 0 Å². The number of rotatable bonds is 2. The number of carbonyl (C=O) groups is 2. The Labute approximate surface area is 105 Å². The number of fused-ring (bicyclic) bond motifs is 5. The van der Waals surface area contributed by atoms with Gasteiger partial charge in [0.1, 0.15) is 12.2 Å². The molecule has 0 amide bonds. The second-order valence-electron chi connectivity index (χ2n) is 5.59. The van der Waals surface area contributed by atoms with Crippen molar-refractivity contribution in [2.75, 3.05) is 6.61 Å². The molecule has 3 rings (SSSR count). The minimum atomic E-state index is -0.428. The van der Waals surface area contributed by atoms with Crippen LogP contribution < -0.4 is 0 Å². The normalized spacial score (nSPS) is 44.7. The predicted octanol–water partition coefficient (Wildman–Crippen LogP) is 0.825. The average molecular weight is 252 g/mol. The summed E-state index contributed by atoms with van der Waals surface area (Å²) in [4.78, 5) is 23.3. The van der Waals surface area contributed by atoms with E-state index in [1.54, 1.807) is 6.92 Å². The molecule has 98 valence electrons. The van der Waals surface area contributed by atoms with Gasteiger partial charge in [0.25, 0.3) is 0 Å². The van der Waals surface area contributed by atoms with Crippen LogP contribution in [0.5, 0.6) is 0 Å². The highest BCUT2D eigenvalue weighted by atomic mass is 16.6. The highest BCUT2D eigenvalue weighted by Crippen LogP contribution is 2.54. The van der Waals surface area contributed by atoms with Crippen LogP contribution in [0.1, 0.15) is 20.3 Å². The van der Waals surface area contributed by atoms with Crippen molar-refractivity contribution < 1.29 is 23.8 Å². The van der Waals surface area contributed by atoms with E-state index in [1.165, 1.54) is 0 Å². The lowest BCUT2D eigenvalue weighted by Gasteiger charge is -2.29. The van der Waals surface area contributed by atoms with Crippen molar-refractivity contribution >= 4 is 11.9 Å². The molecule has 3 fully saturated rings. The van der Waals surface area contributed by atoms with Crippen molar-refractivity contribution in [3.63, 3.8) is 0 Å². The molecule has 0 aromatic heterocycles. The van der Waals surface area contributed by atoms with Gasteiger partial charge in [-0.25, -0.2) is 4.79 Å². The van der Waals surface area contributed by atoms with E-state index in [-0.39, 0.29) is 30.0 Å². The number of hydrogen-bond donors (Lipinski definition) is 0. The fraction of sp³-hybridized carbons (Fsp3) is 0.692. The minimum absolute atomic E-state index is 0.0924. The highest BCUT2D eigenvalue weighted by Gasteiger charge is 2.67. The molecular weight excluding hydrogens is 236 g/mol. The maximum atomic E-state index is 11.7. The third-order valence-electron chi connectivity index (χ3n) is 4.23. The fourth-order valence-corrected chi connectivity index (χ4v) is 3.30. The van der Waals surface area contributed by atoms with E-state index in [0.29, 0.717) is 18.6 Å². The van der Waals surface area contributed by atoms with E-state index in [9.17, 15) is 9.59 Å². The molecule has 0 N–H and O–H groups in total. The third-order valence-corrected chi connectivity index (χ3v) is 4.23. The van der Waals surface area contributed by atoms with Crippen molar-refractivity contribution in [2.45, 2.75) is 38.1 Å². The molecule has 3 saturated heterocycles. The van der Waals surface area contributed by atoms with Gasteiger partial charge in [-0.3, -0.25) is 4.79 Å². The van der Waals surface area contributed by atoms with E-state index in [4.69, 9.17) is 14.2 Å². The van der Waals surface area contributed by atoms with Crippen LogP contribution in [0, 0.1) is 11.8 Å². The number of carbonyl (C=O) groups excluding carboxylic acids is 2. The van der Waals surface area contributed by atoms with Crippen LogP contribution in [0.25, 0.3) is 0 Å². The summed E-state index contributed by atoms with van der Waals surface area (Å²) in [5.41, 5.74) is -0.0601. The zero-order valence-electron chi connectivity index (χ0n) is 10.5. The van der Waals surface area contributed by atoms with Gasteiger partial charge in [-0.2, -0.15) is 0 Å². The number of hydrogen-bond acceptors (Lipinski definition) is 5. The molecule has 3 aliphatic heterocycles. The van der Waals surface area contributed by atoms with Gasteiger partial charge in [0.05, 0.1) is 18.1 Å². The molecule has 5 nitrogen and oxygen atoms in total. The van der Waals surface area contributed by atoms with E-state index >= 15 is 0 Å². The van der Waals surface area contributed by atoms with Gasteiger partial charge in [-0.1, -0.05) is 6.58 Å². The second-order valence-corrected chi connectivity index (χ2v) is 5.59. The van der Waals surface area contributed by atoms with Crippen LogP contribution in [0.15, 0.2) is 12.2 Å². The van der Waals surface area contributed by atoms with Crippen molar-refractivity contribution in [3.8, 4) is 0 Å². The molecule has 3 aliphatic rings. The molecule has 3 heterocycles. The minimum Gasteiger partial charge on any atom is -0.465 e. The summed E-state index contributed by atoms with van der Waals surface area (Å²) in [5.74, 6) is -0.853. The highest BCUT2D eigenvalue weighted by molar-refractivity contribution is 5.87. The van der Waals surface area contributed by atoms with Gasteiger partial charge in [0.15, 0.2) is 0 Å². The first-order chi connectivity index (χ1) is 8.42. The molecule has 0 aromatic carbocycles. The molecule has 0 aliphatic carbocycles. The molecule has 2 bridgehead atoms. The predicted molar refractivity (Wildman–Crippen MR) is 60.5 cm³/mol. The van der Waals surface area contributed by atoms with Gasteiger partial charge in [-0.05, 0) is 13.8 Å². The fourth-order valence-electron chi connectivity index (χ4n) is 3.30. The molecule has 0 saturated carbocycles. The second kappa shape index (κ2) is 3.57. The molecule has 0 aromatic rings. The molecule has 0 spiro atoms. The van der Waals surface area contributed by atoms with Gasteiger partial charge >= 0.3 is 11.9 Å². The lowest BCUT2D eigenvalue weighted by atomic mass is 9.73. The zero-order valence-corrected chi connectivity index (χ0v) is 10.5. The van der Waals surface area contributed by atoms with Crippen LogP contribution in [-0.2, 0) is 23.8 Å². The molecule has 5 unspecified atom stereocenters. The van der Waals surface area contributed by atoms with E-state index < -0.39 is 11.6 Å². The van der Waals surface area contributed by atoms with Gasteiger partial charge in [0, 0.05) is 17.9 Å². The van der Waals surface area contributed by atoms with Gasteiger partial charge in [-0.15, -0.1) is 0 Å². The maximum Gasteiger partial charge on any atom is 0.333 e. The molecule has 18 heavy (non-hydrogen) atoms.